The summed E-state index contributed by atoms with van der Waals surface area (Å²) in [5.74, 6) is 5.08. The summed E-state index contributed by atoms with van der Waals surface area (Å²) in [5.41, 5.74) is 2.30. The molecular formula is C7H15F3N2O. The van der Waals surface area contributed by atoms with Crippen molar-refractivity contribution in [2.24, 2.45) is 5.84 Å². The molecule has 3 nitrogen and oxygen atoms in total. The van der Waals surface area contributed by atoms with Crippen LogP contribution in [0.5, 0.6) is 0 Å². The topological polar surface area (TPSA) is 47.3 Å². The van der Waals surface area contributed by atoms with Gasteiger partial charge in [0.1, 0.15) is 0 Å². The fraction of sp³-hybridized carbons (Fsp3) is 1.00. The van der Waals surface area contributed by atoms with Gasteiger partial charge in [0.15, 0.2) is 0 Å². The Morgan fingerprint density at radius 3 is 2.31 bits per heavy atom. The Morgan fingerprint density at radius 1 is 1.46 bits per heavy atom. The molecule has 0 aromatic rings. The molecule has 3 N–H and O–H groups in total. The fourth-order valence-corrected chi connectivity index (χ4v) is 0.937. The summed E-state index contributed by atoms with van der Waals surface area (Å²) in [6, 6.07) is -0.466. The van der Waals surface area contributed by atoms with Gasteiger partial charge in [-0.05, 0) is 13.3 Å². The van der Waals surface area contributed by atoms with Crippen LogP contribution in [-0.4, -0.2) is 25.4 Å². The first-order valence-corrected chi connectivity index (χ1v) is 3.96. The molecule has 80 valence electrons. The van der Waals surface area contributed by atoms with Crippen molar-refractivity contribution >= 4 is 0 Å². The van der Waals surface area contributed by atoms with E-state index in [0.717, 1.165) is 0 Å². The van der Waals surface area contributed by atoms with Crippen molar-refractivity contribution in [3.63, 3.8) is 0 Å². The first-order chi connectivity index (χ1) is 5.90. The third-order valence-electron chi connectivity index (χ3n) is 1.89. The van der Waals surface area contributed by atoms with Crippen LogP contribution in [0.2, 0.25) is 0 Å². The van der Waals surface area contributed by atoms with E-state index >= 15 is 0 Å². The Balaban J connectivity index is 3.85. The first-order valence-electron chi connectivity index (χ1n) is 3.96. The molecule has 6 heteroatoms. The molecule has 2 unspecified atom stereocenters. The van der Waals surface area contributed by atoms with E-state index in [0.29, 0.717) is 0 Å². The van der Waals surface area contributed by atoms with Gasteiger partial charge in [-0.3, -0.25) is 11.3 Å². The third-order valence-corrected chi connectivity index (χ3v) is 1.89. The molecule has 0 spiro atoms. The van der Waals surface area contributed by atoms with E-state index in [2.05, 4.69) is 5.43 Å². The second kappa shape index (κ2) is 5.41. The minimum Gasteiger partial charge on any atom is -0.380 e. The number of hydrazine groups is 1. The van der Waals surface area contributed by atoms with Crippen molar-refractivity contribution in [2.75, 3.05) is 7.11 Å². The van der Waals surface area contributed by atoms with Crippen molar-refractivity contribution in [3.8, 4) is 0 Å². The van der Waals surface area contributed by atoms with Gasteiger partial charge >= 0.3 is 6.18 Å². The summed E-state index contributed by atoms with van der Waals surface area (Å²) in [7, 11) is 1.43. The summed E-state index contributed by atoms with van der Waals surface area (Å²) in [6.07, 6.45) is -5.39. The van der Waals surface area contributed by atoms with Gasteiger partial charge in [0.25, 0.3) is 0 Å². The zero-order chi connectivity index (χ0) is 10.5. The molecule has 13 heavy (non-hydrogen) atoms. The molecule has 0 amide bonds. The van der Waals surface area contributed by atoms with Gasteiger partial charge in [0.2, 0.25) is 0 Å². The highest BCUT2D eigenvalue weighted by Gasteiger charge is 2.29. The van der Waals surface area contributed by atoms with Crippen molar-refractivity contribution < 1.29 is 17.9 Å². The zero-order valence-electron chi connectivity index (χ0n) is 7.69. The minimum atomic E-state index is -4.14. The molecule has 0 aliphatic heterocycles. The largest absolute Gasteiger partial charge is 0.389 e. The van der Waals surface area contributed by atoms with Crippen molar-refractivity contribution in [1.29, 1.82) is 0 Å². The highest BCUT2D eigenvalue weighted by atomic mass is 19.4. The average molecular weight is 200 g/mol. The molecule has 0 saturated heterocycles. The van der Waals surface area contributed by atoms with Crippen LogP contribution in [0.3, 0.4) is 0 Å². The van der Waals surface area contributed by atoms with Crippen LogP contribution in [0.25, 0.3) is 0 Å². The number of hydrogen-bond acceptors (Lipinski definition) is 3. The number of alkyl halides is 3. The maximum Gasteiger partial charge on any atom is 0.389 e. The van der Waals surface area contributed by atoms with E-state index in [1.165, 1.54) is 7.11 Å². The van der Waals surface area contributed by atoms with E-state index in [4.69, 9.17) is 10.6 Å². The van der Waals surface area contributed by atoms with Crippen LogP contribution < -0.4 is 11.3 Å². The second-order valence-electron chi connectivity index (χ2n) is 2.87. The van der Waals surface area contributed by atoms with Gasteiger partial charge in [-0.2, -0.15) is 13.2 Å². The summed E-state index contributed by atoms with van der Waals surface area (Å²) in [5, 5.41) is 0. The summed E-state index contributed by atoms with van der Waals surface area (Å²) in [6.45, 7) is 1.67. The lowest BCUT2D eigenvalue weighted by Gasteiger charge is -2.22. The Labute approximate surface area is 75.4 Å². The summed E-state index contributed by atoms with van der Waals surface area (Å²) in [4.78, 5) is 0. The molecule has 0 heterocycles. The maximum atomic E-state index is 11.8. The zero-order valence-corrected chi connectivity index (χ0v) is 7.69. The molecule has 0 bridgehead atoms. The monoisotopic (exact) mass is 200 g/mol. The molecule has 0 radical (unpaired) electrons. The molecule has 0 aliphatic carbocycles. The Morgan fingerprint density at radius 2 is 2.00 bits per heavy atom. The highest BCUT2D eigenvalue weighted by Crippen LogP contribution is 2.23. The molecule has 0 saturated carbocycles. The van der Waals surface area contributed by atoms with Crippen LogP contribution in [0.1, 0.15) is 19.8 Å². The normalized spacial score (nSPS) is 17.1. The van der Waals surface area contributed by atoms with Crippen molar-refractivity contribution in [3.05, 3.63) is 0 Å². The van der Waals surface area contributed by atoms with Crippen LogP contribution >= 0.6 is 0 Å². The number of rotatable bonds is 5. The summed E-state index contributed by atoms with van der Waals surface area (Å²) >= 11 is 0. The number of nitrogens with two attached hydrogens (primary N) is 1. The van der Waals surface area contributed by atoms with Gasteiger partial charge in [0, 0.05) is 19.6 Å². The van der Waals surface area contributed by atoms with E-state index in [1.54, 1.807) is 6.92 Å². The highest BCUT2D eigenvalue weighted by molar-refractivity contribution is 4.72. The maximum absolute atomic E-state index is 11.8. The standard InChI is InChI=1S/C7H15F3N2O/c1-5(13-2)6(12-11)3-4-7(8,9)10/h5-6,12H,3-4,11H2,1-2H3. The van der Waals surface area contributed by atoms with Gasteiger partial charge in [-0.15, -0.1) is 0 Å². The Bertz CT molecular complexity index is 140. The number of hydrogen-bond donors (Lipinski definition) is 2. The SMILES string of the molecule is COC(C)C(CCC(F)(F)F)NN. The lowest BCUT2D eigenvalue weighted by atomic mass is 10.1. The smallest absolute Gasteiger partial charge is 0.380 e. The molecule has 0 aromatic carbocycles. The molecule has 0 aliphatic rings. The molecular weight excluding hydrogens is 185 g/mol. The minimum absolute atomic E-state index is 0.0744. The van der Waals surface area contributed by atoms with Gasteiger partial charge in [0.05, 0.1) is 6.10 Å². The molecule has 0 fully saturated rings. The van der Waals surface area contributed by atoms with Crippen LogP contribution in [0, 0.1) is 0 Å². The van der Waals surface area contributed by atoms with Crippen LogP contribution in [0.4, 0.5) is 13.2 Å². The Hall–Kier alpha value is -0.330. The molecule has 0 aromatic heterocycles. The number of nitrogens with one attached hydrogen (secondary N) is 1. The third kappa shape index (κ3) is 5.84. The van der Waals surface area contributed by atoms with E-state index < -0.39 is 18.6 Å². The lowest BCUT2D eigenvalue weighted by Crippen LogP contribution is -2.44. The fourth-order valence-electron chi connectivity index (χ4n) is 0.937. The molecule has 0 rings (SSSR count). The van der Waals surface area contributed by atoms with Gasteiger partial charge in [-0.25, -0.2) is 0 Å². The molecule has 2 atom stereocenters. The van der Waals surface area contributed by atoms with Crippen molar-refractivity contribution in [2.45, 2.75) is 38.1 Å². The number of ether oxygens (including phenoxy) is 1. The Kier molecular flexibility index (Phi) is 5.27. The van der Waals surface area contributed by atoms with E-state index in [-0.39, 0.29) is 12.5 Å². The predicted molar refractivity (Wildman–Crippen MR) is 42.9 cm³/mol. The predicted octanol–water partition coefficient (Wildman–Crippen LogP) is 1.20. The van der Waals surface area contributed by atoms with E-state index in [1.807, 2.05) is 0 Å². The second-order valence-corrected chi connectivity index (χ2v) is 2.87. The average Bonchev–Trinajstić information content (AvgIpc) is 2.03. The lowest BCUT2D eigenvalue weighted by molar-refractivity contribution is -0.138. The van der Waals surface area contributed by atoms with Crippen LogP contribution in [-0.2, 0) is 4.74 Å². The number of halogens is 3. The van der Waals surface area contributed by atoms with Gasteiger partial charge in [-0.1, -0.05) is 0 Å². The van der Waals surface area contributed by atoms with E-state index in [9.17, 15) is 13.2 Å². The van der Waals surface area contributed by atoms with Crippen LogP contribution in [0.15, 0.2) is 0 Å². The van der Waals surface area contributed by atoms with Crippen molar-refractivity contribution in [1.82, 2.24) is 5.43 Å². The quantitative estimate of drug-likeness (QED) is 0.517. The van der Waals surface area contributed by atoms with Gasteiger partial charge < -0.3 is 4.74 Å². The first kappa shape index (κ1) is 12.7. The number of methoxy groups -OCH3 is 1. The summed E-state index contributed by atoms with van der Waals surface area (Å²) < 4.78 is 40.3.